The maximum atomic E-state index is 12.8. The summed E-state index contributed by atoms with van der Waals surface area (Å²) in [7, 11) is 0. The third-order valence-electron chi connectivity index (χ3n) is 5.51. The van der Waals surface area contributed by atoms with E-state index in [1.54, 1.807) is 12.1 Å². The third-order valence-corrected chi connectivity index (χ3v) is 5.51. The number of hydrogen-bond acceptors (Lipinski definition) is 5. The SMILES string of the molecule is Cc1cc(C)cc(COc2cc(O)c3c(c2)C=CCCCC(=O)CCCC(C)OC3=O)c1. The Morgan fingerprint density at radius 2 is 1.75 bits per heavy atom. The summed E-state index contributed by atoms with van der Waals surface area (Å²) in [4.78, 5) is 24.8. The van der Waals surface area contributed by atoms with Crippen molar-refractivity contribution in [2.24, 2.45) is 0 Å². The number of hydrogen-bond donors (Lipinski definition) is 1. The minimum atomic E-state index is -0.570. The lowest BCUT2D eigenvalue weighted by atomic mass is 10.0. The van der Waals surface area contributed by atoms with Crippen LogP contribution in [0.4, 0.5) is 0 Å². The Hall–Kier alpha value is -3.08. The molecule has 170 valence electrons. The maximum absolute atomic E-state index is 12.8. The number of allylic oxidation sites excluding steroid dienone is 1. The van der Waals surface area contributed by atoms with Gasteiger partial charge in [0, 0.05) is 18.9 Å². The van der Waals surface area contributed by atoms with Crippen molar-refractivity contribution in [3.05, 3.63) is 64.2 Å². The largest absolute Gasteiger partial charge is 0.507 e. The number of carbonyl (C=O) groups excluding carboxylic acids is 2. The summed E-state index contributed by atoms with van der Waals surface area (Å²) in [6.07, 6.45) is 7.21. The van der Waals surface area contributed by atoms with Crippen LogP contribution in [0.25, 0.3) is 6.08 Å². The zero-order valence-corrected chi connectivity index (χ0v) is 19.1. The number of ether oxygens (including phenoxy) is 2. The maximum Gasteiger partial charge on any atom is 0.342 e. The highest BCUT2D eigenvalue weighted by atomic mass is 16.5. The average molecular weight is 437 g/mol. The molecular weight excluding hydrogens is 404 g/mol. The number of aromatic hydroxyl groups is 1. The van der Waals surface area contributed by atoms with Crippen LogP contribution in [0.2, 0.25) is 0 Å². The number of aryl methyl sites for hydroxylation is 2. The van der Waals surface area contributed by atoms with Gasteiger partial charge < -0.3 is 14.6 Å². The number of phenols is 1. The molecule has 1 unspecified atom stereocenters. The molecule has 1 aliphatic heterocycles. The van der Waals surface area contributed by atoms with Crippen molar-refractivity contribution in [1.82, 2.24) is 0 Å². The number of carbonyl (C=O) groups is 2. The van der Waals surface area contributed by atoms with Crippen LogP contribution in [-0.4, -0.2) is 23.0 Å². The first-order valence-corrected chi connectivity index (χ1v) is 11.3. The van der Waals surface area contributed by atoms with Crippen LogP contribution >= 0.6 is 0 Å². The topological polar surface area (TPSA) is 72.8 Å². The molecule has 5 heteroatoms. The van der Waals surface area contributed by atoms with Gasteiger partial charge in [0.15, 0.2) is 0 Å². The lowest BCUT2D eigenvalue weighted by Crippen LogP contribution is -2.17. The van der Waals surface area contributed by atoms with E-state index >= 15 is 0 Å². The molecule has 2 aromatic carbocycles. The molecule has 0 aliphatic carbocycles. The second-order valence-corrected chi connectivity index (χ2v) is 8.63. The average Bonchev–Trinajstić information content (AvgIpc) is 2.70. The highest BCUT2D eigenvalue weighted by molar-refractivity contribution is 5.97. The van der Waals surface area contributed by atoms with E-state index in [1.165, 1.54) is 6.07 Å². The molecule has 0 bridgehead atoms. The lowest BCUT2D eigenvalue weighted by Gasteiger charge is -2.17. The van der Waals surface area contributed by atoms with Gasteiger partial charge in [-0.05, 0) is 63.6 Å². The van der Waals surface area contributed by atoms with Crippen molar-refractivity contribution in [2.45, 2.75) is 72.0 Å². The zero-order chi connectivity index (χ0) is 23.1. The van der Waals surface area contributed by atoms with E-state index in [0.717, 1.165) is 23.1 Å². The van der Waals surface area contributed by atoms with Crippen molar-refractivity contribution in [3.8, 4) is 11.5 Å². The summed E-state index contributed by atoms with van der Waals surface area (Å²) in [5.74, 6) is -0.0164. The second kappa shape index (κ2) is 11.0. The molecule has 1 N–H and O–H groups in total. The van der Waals surface area contributed by atoms with E-state index in [9.17, 15) is 14.7 Å². The van der Waals surface area contributed by atoms with E-state index in [2.05, 4.69) is 18.2 Å². The Balaban J connectivity index is 1.86. The number of phenolic OH excluding ortho intramolecular Hbond substituents is 1. The number of benzene rings is 2. The summed E-state index contributed by atoms with van der Waals surface area (Å²) in [5.41, 5.74) is 4.04. The van der Waals surface area contributed by atoms with Gasteiger partial charge in [-0.3, -0.25) is 4.79 Å². The number of fused-ring (bicyclic) bond motifs is 1. The van der Waals surface area contributed by atoms with Crippen molar-refractivity contribution in [2.75, 3.05) is 0 Å². The lowest BCUT2D eigenvalue weighted by molar-refractivity contribution is -0.119. The Bertz CT molecular complexity index is 985. The fourth-order valence-electron chi connectivity index (χ4n) is 4.02. The number of cyclic esters (lactones) is 1. The Morgan fingerprint density at radius 1 is 1.03 bits per heavy atom. The van der Waals surface area contributed by atoms with E-state index in [4.69, 9.17) is 9.47 Å². The van der Waals surface area contributed by atoms with Crippen molar-refractivity contribution in [1.29, 1.82) is 0 Å². The van der Waals surface area contributed by atoms with E-state index in [1.807, 2.05) is 26.8 Å². The Labute approximate surface area is 190 Å². The van der Waals surface area contributed by atoms with Crippen molar-refractivity contribution in [3.63, 3.8) is 0 Å². The highest BCUT2D eigenvalue weighted by Crippen LogP contribution is 2.31. The Kier molecular flexibility index (Phi) is 8.09. The number of rotatable bonds is 3. The molecule has 0 saturated heterocycles. The van der Waals surface area contributed by atoms with Crippen LogP contribution in [0, 0.1) is 13.8 Å². The molecule has 0 aromatic heterocycles. The quantitative estimate of drug-likeness (QED) is 0.591. The minimum Gasteiger partial charge on any atom is -0.507 e. The van der Waals surface area contributed by atoms with Crippen LogP contribution in [0.1, 0.15) is 78.1 Å². The van der Waals surface area contributed by atoms with Crippen LogP contribution in [0.3, 0.4) is 0 Å². The molecule has 1 heterocycles. The van der Waals surface area contributed by atoms with Crippen LogP contribution in [0.15, 0.2) is 36.4 Å². The monoisotopic (exact) mass is 436 g/mol. The number of esters is 1. The predicted molar refractivity (Wildman–Crippen MR) is 125 cm³/mol. The minimum absolute atomic E-state index is 0.139. The van der Waals surface area contributed by atoms with Gasteiger partial charge in [-0.1, -0.05) is 41.5 Å². The summed E-state index contributed by atoms with van der Waals surface area (Å²) in [5, 5.41) is 10.7. The second-order valence-electron chi connectivity index (χ2n) is 8.63. The smallest absolute Gasteiger partial charge is 0.342 e. The van der Waals surface area contributed by atoms with E-state index in [-0.39, 0.29) is 23.2 Å². The highest BCUT2D eigenvalue weighted by Gasteiger charge is 2.21. The fraction of sp³-hybridized carbons (Fsp3) is 0.407. The number of ketones is 1. The van der Waals surface area contributed by atoms with Gasteiger partial charge in [0.1, 0.15) is 29.5 Å². The van der Waals surface area contributed by atoms with Gasteiger partial charge in [0.05, 0.1) is 6.10 Å². The van der Waals surface area contributed by atoms with Crippen LogP contribution in [0.5, 0.6) is 11.5 Å². The van der Waals surface area contributed by atoms with Crippen molar-refractivity contribution >= 4 is 17.8 Å². The molecule has 0 saturated carbocycles. The molecular formula is C27H32O5. The summed E-state index contributed by atoms with van der Waals surface area (Å²) < 4.78 is 11.5. The summed E-state index contributed by atoms with van der Waals surface area (Å²) in [6.45, 7) is 6.24. The van der Waals surface area contributed by atoms with Gasteiger partial charge in [-0.15, -0.1) is 0 Å². The van der Waals surface area contributed by atoms with E-state index < -0.39 is 5.97 Å². The van der Waals surface area contributed by atoms with Crippen LogP contribution in [-0.2, 0) is 16.1 Å². The van der Waals surface area contributed by atoms with Gasteiger partial charge >= 0.3 is 5.97 Å². The summed E-state index contributed by atoms with van der Waals surface area (Å²) >= 11 is 0. The predicted octanol–water partition coefficient (Wildman–Crippen LogP) is 6.07. The Morgan fingerprint density at radius 3 is 2.50 bits per heavy atom. The van der Waals surface area contributed by atoms with Crippen molar-refractivity contribution < 1.29 is 24.2 Å². The first kappa shape index (κ1) is 23.6. The van der Waals surface area contributed by atoms with Gasteiger partial charge in [0.2, 0.25) is 0 Å². The normalized spacial score (nSPS) is 17.9. The van der Waals surface area contributed by atoms with E-state index in [0.29, 0.717) is 50.0 Å². The molecule has 1 atom stereocenters. The zero-order valence-electron chi connectivity index (χ0n) is 19.1. The van der Waals surface area contributed by atoms with Gasteiger partial charge in [-0.25, -0.2) is 4.79 Å². The molecule has 0 spiro atoms. The molecule has 0 radical (unpaired) electrons. The first-order valence-electron chi connectivity index (χ1n) is 11.3. The molecule has 0 fully saturated rings. The molecule has 32 heavy (non-hydrogen) atoms. The standard InChI is InChI=1S/C27H32O5/c1-18-12-19(2)14-21(13-18)17-31-24-15-22-9-5-4-6-10-23(28)11-7-8-20(3)32-27(30)26(22)25(29)16-24/h5,9,12-16,20,29H,4,6-8,10-11,17H2,1-3H3. The van der Waals surface area contributed by atoms with Gasteiger partial charge in [0.25, 0.3) is 0 Å². The molecule has 3 rings (SSSR count). The molecule has 2 aromatic rings. The fourth-order valence-corrected chi connectivity index (χ4v) is 4.02. The number of Topliss-reactive ketones (excluding diaryl/α,β-unsaturated/α-hetero) is 1. The van der Waals surface area contributed by atoms with Gasteiger partial charge in [-0.2, -0.15) is 0 Å². The molecule has 1 aliphatic rings. The van der Waals surface area contributed by atoms with Crippen LogP contribution < -0.4 is 4.74 Å². The molecule has 5 nitrogen and oxygen atoms in total. The third kappa shape index (κ3) is 6.71. The first-order chi connectivity index (χ1) is 15.3. The molecule has 0 amide bonds. The summed E-state index contributed by atoms with van der Waals surface area (Å²) in [6, 6.07) is 9.44.